The molecule has 0 spiro atoms. The first kappa shape index (κ1) is 13.7. The zero-order chi connectivity index (χ0) is 14.3. The Kier molecular flexibility index (Phi) is 3.35. The minimum atomic E-state index is -0.865. The standard InChI is InChI=1S/C16H20ClN3/c1-11-10-12(2)19-16(17,18-11)20-9-8-14-6-4-5-7-15(14)13(20)3/h4-7,10,13,18H,8-9H2,1-3H3. The van der Waals surface area contributed by atoms with Gasteiger partial charge in [0.05, 0.1) is 0 Å². The molecular weight excluding hydrogens is 270 g/mol. The molecule has 0 bridgehead atoms. The highest BCUT2D eigenvalue weighted by Gasteiger charge is 2.41. The predicted molar refractivity (Wildman–Crippen MR) is 83.9 cm³/mol. The number of nitrogens with one attached hydrogen (secondary N) is 1. The van der Waals surface area contributed by atoms with E-state index >= 15 is 0 Å². The summed E-state index contributed by atoms with van der Waals surface area (Å²) in [6.45, 7) is 7.11. The summed E-state index contributed by atoms with van der Waals surface area (Å²) in [5, 5.41) is 2.45. The summed E-state index contributed by atoms with van der Waals surface area (Å²) < 4.78 is 0. The van der Waals surface area contributed by atoms with Crippen molar-refractivity contribution in [3.8, 4) is 0 Å². The van der Waals surface area contributed by atoms with E-state index in [-0.39, 0.29) is 6.04 Å². The summed E-state index contributed by atoms with van der Waals surface area (Å²) in [6.07, 6.45) is 3.02. The summed E-state index contributed by atoms with van der Waals surface area (Å²) in [5.41, 5.74) is 4.78. The van der Waals surface area contributed by atoms with E-state index in [1.807, 2.05) is 19.9 Å². The van der Waals surface area contributed by atoms with Crippen molar-refractivity contribution < 1.29 is 0 Å². The highest BCUT2D eigenvalue weighted by molar-refractivity contribution is 6.24. The number of hydrogen-bond donors (Lipinski definition) is 1. The average Bonchev–Trinajstić information content (AvgIpc) is 2.37. The molecule has 4 heteroatoms. The molecule has 0 saturated heterocycles. The molecule has 2 aliphatic heterocycles. The molecule has 1 aromatic carbocycles. The third-order valence-electron chi connectivity index (χ3n) is 4.08. The van der Waals surface area contributed by atoms with Crippen LogP contribution in [0.4, 0.5) is 0 Å². The number of allylic oxidation sites excluding steroid dienone is 2. The molecule has 106 valence electrons. The smallest absolute Gasteiger partial charge is 0.268 e. The maximum atomic E-state index is 6.79. The van der Waals surface area contributed by atoms with Crippen molar-refractivity contribution in [2.75, 3.05) is 6.54 Å². The van der Waals surface area contributed by atoms with Gasteiger partial charge in [0.2, 0.25) is 0 Å². The van der Waals surface area contributed by atoms with Crippen molar-refractivity contribution in [2.24, 2.45) is 4.99 Å². The Hall–Kier alpha value is -1.32. The predicted octanol–water partition coefficient (Wildman–Crippen LogP) is 3.42. The largest absolute Gasteiger partial charge is 0.339 e. The van der Waals surface area contributed by atoms with E-state index in [0.29, 0.717) is 0 Å². The zero-order valence-corrected chi connectivity index (χ0v) is 12.9. The number of halogens is 1. The summed E-state index contributed by atoms with van der Waals surface area (Å²) in [4.78, 5) is 6.87. The molecule has 2 unspecified atom stereocenters. The highest BCUT2D eigenvalue weighted by Crippen LogP contribution is 2.37. The van der Waals surface area contributed by atoms with Gasteiger partial charge in [-0.1, -0.05) is 35.9 Å². The SMILES string of the molecule is CC1=CC(C)=NC(Cl)(N2CCc3ccccc3C2C)N1. The van der Waals surface area contributed by atoms with Gasteiger partial charge in [0.25, 0.3) is 5.25 Å². The lowest BCUT2D eigenvalue weighted by atomic mass is 9.93. The first-order valence-electron chi connectivity index (χ1n) is 7.06. The lowest BCUT2D eigenvalue weighted by Crippen LogP contribution is -2.57. The number of aliphatic imine (C=N–C) groups is 1. The van der Waals surface area contributed by atoms with Gasteiger partial charge in [-0.3, -0.25) is 0 Å². The lowest BCUT2D eigenvalue weighted by molar-refractivity contribution is 0.0894. The molecule has 20 heavy (non-hydrogen) atoms. The van der Waals surface area contributed by atoms with Crippen LogP contribution in [0.25, 0.3) is 0 Å². The van der Waals surface area contributed by atoms with Crippen LogP contribution in [-0.2, 0) is 6.42 Å². The number of fused-ring (bicyclic) bond motifs is 1. The quantitative estimate of drug-likeness (QED) is 0.634. The first-order valence-corrected chi connectivity index (χ1v) is 7.44. The van der Waals surface area contributed by atoms with E-state index in [0.717, 1.165) is 24.4 Å². The Labute approximate surface area is 125 Å². The molecule has 0 saturated carbocycles. The Balaban J connectivity index is 1.95. The van der Waals surface area contributed by atoms with Crippen LogP contribution in [0.2, 0.25) is 0 Å². The summed E-state index contributed by atoms with van der Waals surface area (Å²) in [6, 6.07) is 8.83. The van der Waals surface area contributed by atoms with Crippen molar-refractivity contribution in [2.45, 2.75) is 38.5 Å². The van der Waals surface area contributed by atoms with Gasteiger partial charge in [-0.05, 0) is 44.4 Å². The molecule has 2 atom stereocenters. The monoisotopic (exact) mass is 289 g/mol. The Morgan fingerprint density at radius 1 is 1.35 bits per heavy atom. The Morgan fingerprint density at radius 2 is 2.10 bits per heavy atom. The fraction of sp³-hybridized carbons (Fsp3) is 0.438. The second-order valence-corrected chi connectivity index (χ2v) is 6.14. The molecule has 0 aromatic heterocycles. The zero-order valence-electron chi connectivity index (χ0n) is 12.2. The molecule has 1 N–H and O–H groups in total. The van der Waals surface area contributed by atoms with E-state index in [4.69, 9.17) is 11.6 Å². The molecule has 2 aliphatic rings. The topological polar surface area (TPSA) is 27.6 Å². The molecule has 0 radical (unpaired) electrons. The second-order valence-electron chi connectivity index (χ2n) is 5.61. The molecule has 0 fully saturated rings. The van der Waals surface area contributed by atoms with E-state index in [9.17, 15) is 0 Å². The molecule has 1 aromatic rings. The number of hydrogen-bond acceptors (Lipinski definition) is 3. The first-order chi connectivity index (χ1) is 9.49. The van der Waals surface area contributed by atoms with Gasteiger partial charge in [0.1, 0.15) is 0 Å². The molecule has 0 aliphatic carbocycles. The number of alkyl halides is 1. The van der Waals surface area contributed by atoms with Crippen LogP contribution in [0.3, 0.4) is 0 Å². The van der Waals surface area contributed by atoms with E-state index in [1.165, 1.54) is 11.1 Å². The Morgan fingerprint density at radius 3 is 2.85 bits per heavy atom. The Bertz CT molecular complexity index is 593. The minimum Gasteiger partial charge on any atom is -0.339 e. The second kappa shape index (κ2) is 4.90. The van der Waals surface area contributed by atoms with Crippen molar-refractivity contribution in [3.63, 3.8) is 0 Å². The van der Waals surface area contributed by atoms with Crippen LogP contribution in [0.5, 0.6) is 0 Å². The van der Waals surface area contributed by atoms with Gasteiger partial charge in [-0.2, -0.15) is 0 Å². The van der Waals surface area contributed by atoms with Crippen LogP contribution < -0.4 is 5.32 Å². The third kappa shape index (κ3) is 2.25. The van der Waals surface area contributed by atoms with Gasteiger partial charge in [-0.15, -0.1) is 0 Å². The summed E-state index contributed by atoms with van der Waals surface area (Å²) in [5.74, 6) is 0. The number of rotatable bonds is 1. The maximum Gasteiger partial charge on any atom is 0.268 e. The molecule has 2 heterocycles. The van der Waals surface area contributed by atoms with Crippen molar-refractivity contribution in [1.29, 1.82) is 0 Å². The van der Waals surface area contributed by atoms with Gasteiger partial charge in [-0.25, -0.2) is 9.89 Å². The van der Waals surface area contributed by atoms with Gasteiger partial charge < -0.3 is 5.32 Å². The number of benzene rings is 1. The van der Waals surface area contributed by atoms with Crippen molar-refractivity contribution in [1.82, 2.24) is 10.2 Å². The number of nitrogens with zero attached hydrogens (tertiary/aromatic N) is 2. The van der Waals surface area contributed by atoms with E-state index < -0.39 is 5.25 Å². The van der Waals surface area contributed by atoms with Crippen molar-refractivity contribution in [3.05, 3.63) is 47.2 Å². The average molecular weight is 290 g/mol. The van der Waals surface area contributed by atoms with Crippen LogP contribution in [0, 0.1) is 0 Å². The molecular formula is C16H20ClN3. The van der Waals surface area contributed by atoms with Crippen LogP contribution in [-0.4, -0.2) is 22.4 Å². The van der Waals surface area contributed by atoms with Crippen molar-refractivity contribution >= 4 is 17.3 Å². The van der Waals surface area contributed by atoms with Crippen LogP contribution >= 0.6 is 11.6 Å². The molecule has 0 amide bonds. The summed E-state index contributed by atoms with van der Waals surface area (Å²) >= 11 is 6.79. The van der Waals surface area contributed by atoms with Gasteiger partial charge in [0.15, 0.2) is 0 Å². The fourth-order valence-corrected chi connectivity index (χ4v) is 3.72. The fourth-order valence-electron chi connectivity index (χ4n) is 3.21. The normalized spacial score (nSPS) is 30.1. The van der Waals surface area contributed by atoms with Gasteiger partial charge >= 0.3 is 0 Å². The van der Waals surface area contributed by atoms with Crippen LogP contribution in [0.1, 0.15) is 37.9 Å². The van der Waals surface area contributed by atoms with Gasteiger partial charge in [0, 0.05) is 24.0 Å². The van der Waals surface area contributed by atoms with E-state index in [1.54, 1.807) is 0 Å². The minimum absolute atomic E-state index is 0.243. The highest BCUT2D eigenvalue weighted by atomic mass is 35.5. The van der Waals surface area contributed by atoms with Crippen LogP contribution in [0.15, 0.2) is 41.0 Å². The summed E-state index contributed by atoms with van der Waals surface area (Å²) in [7, 11) is 0. The third-order valence-corrected chi connectivity index (χ3v) is 4.48. The van der Waals surface area contributed by atoms with E-state index in [2.05, 4.69) is 46.4 Å². The molecule has 3 rings (SSSR count). The maximum absolute atomic E-state index is 6.79. The lowest BCUT2D eigenvalue weighted by Gasteiger charge is -2.45. The molecule has 3 nitrogen and oxygen atoms in total.